The van der Waals surface area contributed by atoms with Gasteiger partial charge in [0.15, 0.2) is 0 Å². The molecule has 2 unspecified atom stereocenters. The van der Waals surface area contributed by atoms with Gasteiger partial charge in [-0.05, 0) is 63.7 Å². The van der Waals surface area contributed by atoms with Gasteiger partial charge in [0.25, 0.3) is 5.78 Å². The van der Waals surface area contributed by atoms with Gasteiger partial charge >= 0.3 is 5.97 Å². The molecule has 0 saturated heterocycles. The maximum absolute atomic E-state index is 12.9. The molecule has 0 amide bonds. The van der Waals surface area contributed by atoms with Gasteiger partial charge in [0.2, 0.25) is 0 Å². The number of ether oxygens (including phenoxy) is 2. The lowest BCUT2D eigenvalue weighted by Gasteiger charge is -2.32. The largest absolute Gasteiger partial charge is 0.497 e. The number of benzene rings is 4. The van der Waals surface area contributed by atoms with Crippen LogP contribution in [0.2, 0.25) is 0 Å². The Balaban J connectivity index is 1.13. The van der Waals surface area contributed by atoms with Gasteiger partial charge < -0.3 is 19.7 Å². The molecule has 6 rings (SSSR count). The van der Waals surface area contributed by atoms with Gasteiger partial charge in [-0.2, -0.15) is 0 Å². The highest BCUT2D eigenvalue weighted by Gasteiger charge is 2.31. The van der Waals surface area contributed by atoms with Gasteiger partial charge in [-0.15, -0.1) is 0 Å². The topological polar surface area (TPSA) is 67.9 Å². The summed E-state index contributed by atoms with van der Waals surface area (Å²) >= 11 is 3.40. The first-order chi connectivity index (χ1) is 18.5. The van der Waals surface area contributed by atoms with E-state index in [0.29, 0.717) is 5.56 Å². The molecule has 192 valence electrons. The highest BCUT2D eigenvalue weighted by atomic mass is 79.9. The van der Waals surface area contributed by atoms with Crippen molar-refractivity contribution in [3.05, 3.63) is 101 Å². The van der Waals surface area contributed by atoms with Crippen molar-refractivity contribution >= 4 is 49.8 Å². The number of methoxy groups -OCH3 is 1. The van der Waals surface area contributed by atoms with Crippen molar-refractivity contribution in [1.29, 1.82) is 0 Å². The lowest BCUT2D eigenvalue weighted by molar-refractivity contribution is -0.154. The van der Waals surface area contributed by atoms with E-state index in [1.54, 1.807) is 7.11 Å². The van der Waals surface area contributed by atoms with Gasteiger partial charge in [0.1, 0.15) is 17.2 Å². The van der Waals surface area contributed by atoms with Crippen LogP contribution in [0.4, 0.5) is 11.4 Å². The van der Waals surface area contributed by atoms with Crippen LogP contribution in [-0.2, 0) is 20.9 Å². The molecule has 0 aliphatic carbocycles. The summed E-state index contributed by atoms with van der Waals surface area (Å²) < 4.78 is 10.7. The molecule has 0 saturated carbocycles. The number of carbonyl (C=O) groups is 2. The predicted octanol–water partition coefficient (Wildman–Crippen LogP) is 6.32. The van der Waals surface area contributed by atoms with E-state index in [-0.39, 0.29) is 12.5 Å². The molecule has 7 heteroatoms. The Hall–Kier alpha value is -3.84. The Morgan fingerprint density at radius 2 is 1.84 bits per heavy atom. The number of rotatable bonds is 7. The average Bonchev–Trinajstić information content (AvgIpc) is 3.39. The number of Topliss-reactive ketones (excluding diaryl/α,β-unsaturated/α-hetero) is 1. The van der Waals surface area contributed by atoms with E-state index in [0.717, 1.165) is 41.7 Å². The molecular formula is C31H27BrN2O4. The number of nitrogens with zero attached hydrogens (tertiary/aromatic N) is 1. The Bertz CT molecular complexity index is 1550. The van der Waals surface area contributed by atoms with Gasteiger partial charge in [-0.3, -0.25) is 4.79 Å². The van der Waals surface area contributed by atoms with Crippen LogP contribution >= 0.6 is 15.9 Å². The molecule has 0 aromatic heterocycles. The molecule has 2 heterocycles. The molecule has 0 spiro atoms. The Morgan fingerprint density at radius 3 is 2.71 bits per heavy atom. The molecule has 0 radical (unpaired) electrons. The van der Waals surface area contributed by atoms with E-state index < -0.39 is 16.6 Å². The van der Waals surface area contributed by atoms with E-state index >= 15 is 0 Å². The second kappa shape index (κ2) is 10.1. The first-order valence-electron chi connectivity index (χ1n) is 12.6. The smallest absolute Gasteiger partial charge is 0.376 e. The van der Waals surface area contributed by atoms with Crippen LogP contribution in [-0.4, -0.2) is 32.1 Å². The number of ketones is 1. The van der Waals surface area contributed by atoms with E-state index in [4.69, 9.17) is 9.47 Å². The van der Waals surface area contributed by atoms with E-state index in [2.05, 4.69) is 56.5 Å². The van der Waals surface area contributed by atoms with Crippen molar-refractivity contribution in [3.63, 3.8) is 0 Å². The number of esters is 1. The third-order valence-electron chi connectivity index (χ3n) is 7.43. The molecular weight excluding hydrogens is 544 g/mol. The maximum atomic E-state index is 12.9. The van der Waals surface area contributed by atoms with Crippen LogP contribution in [0, 0.1) is 0 Å². The zero-order valence-corrected chi connectivity index (χ0v) is 22.5. The van der Waals surface area contributed by atoms with E-state index in [1.807, 2.05) is 48.5 Å². The fourth-order valence-electron chi connectivity index (χ4n) is 5.48. The summed E-state index contributed by atoms with van der Waals surface area (Å²) in [6.45, 7) is 1.89. The SMILES string of the molecule is COc1ccc2cc(C(Br)C(=O)C(=O)OCc3cccc(C4CCN5CNc6cccc4c65)c3)ccc2c1. The summed E-state index contributed by atoms with van der Waals surface area (Å²) in [5.41, 5.74) is 6.55. The molecule has 0 fully saturated rings. The lowest BCUT2D eigenvalue weighted by atomic mass is 9.84. The van der Waals surface area contributed by atoms with Crippen LogP contribution < -0.4 is 15.0 Å². The summed E-state index contributed by atoms with van der Waals surface area (Å²) in [5.74, 6) is -0.446. The van der Waals surface area contributed by atoms with Crippen molar-refractivity contribution in [1.82, 2.24) is 0 Å². The number of para-hydroxylation sites is 1. The minimum atomic E-state index is -0.854. The third kappa shape index (κ3) is 4.52. The van der Waals surface area contributed by atoms with Crippen LogP contribution in [0.3, 0.4) is 0 Å². The second-order valence-corrected chi connectivity index (χ2v) is 10.6. The fourth-order valence-corrected chi connectivity index (χ4v) is 5.95. The number of halogens is 1. The summed E-state index contributed by atoms with van der Waals surface area (Å²) in [7, 11) is 1.62. The van der Waals surface area contributed by atoms with Crippen LogP contribution in [0.1, 0.15) is 39.4 Å². The molecule has 38 heavy (non-hydrogen) atoms. The molecule has 6 nitrogen and oxygen atoms in total. The minimum absolute atomic E-state index is 0.0446. The number of hydrogen-bond donors (Lipinski definition) is 1. The normalized spacial score (nSPS) is 16.5. The Morgan fingerprint density at radius 1 is 1.03 bits per heavy atom. The number of carbonyl (C=O) groups excluding carboxylic acids is 2. The van der Waals surface area contributed by atoms with Crippen molar-refractivity contribution in [2.75, 3.05) is 30.5 Å². The molecule has 2 aliphatic rings. The zero-order chi connectivity index (χ0) is 26.2. The minimum Gasteiger partial charge on any atom is -0.497 e. The molecule has 1 N–H and O–H groups in total. The standard InChI is InChI=1S/C31H27BrN2O4/c1-37-24-11-10-20-15-23(9-8-21(20)16-24)28(32)30(35)31(36)38-17-19-4-2-5-22(14-19)25-12-13-34-18-33-27-7-3-6-26(25)29(27)34/h2-11,14-16,25,28,33H,12-13,17-18H2,1H3. The second-order valence-electron chi connectivity index (χ2n) is 9.70. The number of anilines is 2. The highest BCUT2D eigenvalue weighted by Crippen LogP contribution is 2.45. The summed E-state index contributed by atoms with van der Waals surface area (Å²) in [4.78, 5) is 27.2. The number of hydrogen-bond acceptors (Lipinski definition) is 6. The number of fused-ring (bicyclic) bond motifs is 1. The van der Waals surface area contributed by atoms with Gasteiger partial charge in [0, 0.05) is 12.5 Å². The van der Waals surface area contributed by atoms with Crippen molar-refractivity contribution in [2.45, 2.75) is 23.8 Å². The lowest BCUT2D eigenvalue weighted by Crippen LogP contribution is -2.30. The van der Waals surface area contributed by atoms with Gasteiger partial charge in [-0.25, -0.2) is 4.79 Å². The quantitative estimate of drug-likeness (QED) is 0.159. The van der Waals surface area contributed by atoms with Crippen molar-refractivity contribution < 1.29 is 19.1 Å². The predicted molar refractivity (Wildman–Crippen MR) is 152 cm³/mol. The molecule has 4 aromatic rings. The molecule has 2 atom stereocenters. The van der Waals surface area contributed by atoms with Crippen molar-refractivity contribution in [2.24, 2.45) is 0 Å². The molecule has 0 bridgehead atoms. The molecule has 2 aliphatic heterocycles. The summed E-state index contributed by atoms with van der Waals surface area (Å²) in [6.07, 6.45) is 1.02. The molecule has 4 aromatic carbocycles. The summed E-state index contributed by atoms with van der Waals surface area (Å²) in [5, 5.41) is 5.42. The van der Waals surface area contributed by atoms with E-state index in [1.165, 1.54) is 22.5 Å². The first kappa shape index (κ1) is 24.5. The van der Waals surface area contributed by atoms with Crippen LogP contribution in [0.5, 0.6) is 5.75 Å². The first-order valence-corrected chi connectivity index (χ1v) is 13.6. The fraction of sp³-hybridized carbons (Fsp3) is 0.226. The van der Waals surface area contributed by atoms with Gasteiger partial charge in [0.05, 0.1) is 25.2 Å². The van der Waals surface area contributed by atoms with Crippen LogP contribution in [0.25, 0.3) is 10.8 Å². The maximum Gasteiger partial charge on any atom is 0.376 e. The third-order valence-corrected chi connectivity index (χ3v) is 8.37. The number of nitrogens with one attached hydrogen (secondary N) is 1. The number of alkyl halides is 1. The Kier molecular flexibility index (Phi) is 6.54. The van der Waals surface area contributed by atoms with E-state index in [9.17, 15) is 9.59 Å². The monoisotopic (exact) mass is 570 g/mol. The summed E-state index contributed by atoms with van der Waals surface area (Å²) in [6, 6.07) is 25.9. The van der Waals surface area contributed by atoms with Crippen molar-refractivity contribution in [3.8, 4) is 5.75 Å². The average molecular weight is 571 g/mol. The van der Waals surface area contributed by atoms with Gasteiger partial charge in [-0.1, -0.05) is 70.5 Å². The zero-order valence-electron chi connectivity index (χ0n) is 20.9. The van der Waals surface area contributed by atoms with Crippen LogP contribution in [0.15, 0.2) is 78.9 Å². The Labute approximate surface area is 229 Å². The highest BCUT2D eigenvalue weighted by molar-refractivity contribution is 9.09.